The molecule has 0 aliphatic carbocycles. The number of nitrogen functional groups attached to an aromatic ring is 2. The van der Waals surface area contributed by atoms with Crippen molar-refractivity contribution >= 4 is 59.0 Å². The highest BCUT2D eigenvalue weighted by Gasteiger charge is 2.31. The van der Waals surface area contributed by atoms with Crippen molar-refractivity contribution in [2.75, 3.05) is 131 Å². The number of nitrogens with one attached hydrogen (secondary N) is 6. The van der Waals surface area contributed by atoms with Crippen LogP contribution in [0.1, 0.15) is 96.8 Å². The van der Waals surface area contributed by atoms with Crippen LogP contribution in [0.2, 0.25) is 0 Å². The smallest absolute Gasteiger partial charge is 0.274 e. The van der Waals surface area contributed by atoms with Crippen molar-refractivity contribution in [1.82, 2.24) is 41.9 Å². The van der Waals surface area contributed by atoms with E-state index < -0.39 is 82.6 Å². The first-order valence-electron chi connectivity index (χ1n) is 30.0. The van der Waals surface area contributed by atoms with Gasteiger partial charge in [-0.3, -0.25) is 38.8 Å². The van der Waals surface area contributed by atoms with Gasteiger partial charge in [0.15, 0.2) is 34.9 Å². The summed E-state index contributed by atoms with van der Waals surface area (Å²) in [5.74, 6) is -6.31. The van der Waals surface area contributed by atoms with E-state index in [1.54, 1.807) is 12.1 Å². The van der Waals surface area contributed by atoms with E-state index in [0.717, 1.165) is 32.5 Å². The van der Waals surface area contributed by atoms with Crippen LogP contribution in [0.25, 0.3) is 0 Å². The Labute approximate surface area is 525 Å². The molecular weight excluding hydrogens is 1170 g/mol. The number of amides is 6. The molecular formula is C58H98N18O14. The minimum atomic E-state index is -1.37. The predicted molar refractivity (Wildman–Crippen MR) is 340 cm³/mol. The van der Waals surface area contributed by atoms with Crippen molar-refractivity contribution in [3.05, 3.63) is 71.0 Å². The number of anilines is 2. The van der Waals surface area contributed by atoms with Gasteiger partial charge in [0.25, 0.3) is 11.8 Å². The number of benzene rings is 2. The number of aliphatic imine (C=N–C) groups is 2. The van der Waals surface area contributed by atoms with Crippen LogP contribution in [-0.2, 0) is 60.4 Å². The third-order valence-corrected chi connectivity index (χ3v) is 12.7. The van der Waals surface area contributed by atoms with Crippen molar-refractivity contribution in [3.8, 4) is 11.5 Å². The van der Waals surface area contributed by atoms with Crippen LogP contribution in [0.3, 0.4) is 0 Å². The summed E-state index contributed by atoms with van der Waals surface area (Å²) in [7, 11) is 1.39. The van der Waals surface area contributed by atoms with Crippen LogP contribution in [0.15, 0.2) is 58.5 Å². The largest absolute Gasteiger partial charge is 0.508 e. The highest BCUT2D eigenvalue weighted by Crippen LogP contribution is 2.17. The molecule has 0 spiro atoms. The number of nitrogens with two attached hydrogens (primary N) is 8. The molecule has 0 bridgehead atoms. The number of likely N-dealkylation sites (N-methyl/N-ethyl adjacent to an activating group) is 1. The van der Waals surface area contributed by atoms with E-state index in [1.807, 2.05) is 0 Å². The Morgan fingerprint density at radius 3 is 1.23 bits per heavy atom. The number of ether oxygens (including phenoxy) is 6. The third-order valence-electron chi connectivity index (χ3n) is 12.7. The van der Waals surface area contributed by atoms with E-state index in [4.69, 9.17) is 74.3 Å². The number of hydrogen-bond acceptors (Lipinski definition) is 22. The van der Waals surface area contributed by atoms with Crippen LogP contribution in [0.4, 0.5) is 11.6 Å². The lowest BCUT2D eigenvalue weighted by molar-refractivity contribution is -0.130. The molecule has 32 heteroatoms. The number of rotatable bonds is 47. The summed E-state index contributed by atoms with van der Waals surface area (Å²) in [4.78, 5) is 98.0. The first-order valence-corrected chi connectivity index (χ1v) is 30.0. The molecule has 0 saturated carbocycles. The molecule has 1 aromatic heterocycles. The molecule has 504 valence electrons. The third kappa shape index (κ3) is 35.1. The lowest BCUT2D eigenvalue weighted by Crippen LogP contribution is -2.54. The van der Waals surface area contributed by atoms with E-state index in [0.29, 0.717) is 103 Å². The number of guanidine groups is 2. The Kier molecular flexibility index (Phi) is 41.3. The van der Waals surface area contributed by atoms with Gasteiger partial charge in [0.1, 0.15) is 35.7 Å². The molecule has 0 aliphatic rings. The summed E-state index contributed by atoms with van der Waals surface area (Å²) in [5.41, 5.74) is 45.0. The van der Waals surface area contributed by atoms with Gasteiger partial charge < -0.3 is 116 Å². The summed E-state index contributed by atoms with van der Waals surface area (Å²) in [6.07, 6.45) is 4.81. The number of carbonyl (C=O) groups is 6. The fraction of sp³-hybridized carbons (Fsp3) is 0.586. The second-order valence-corrected chi connectivity index (χ2v) is 20.1. The summed E-state index contributed by atoms with van der Waals surface area (Å²) >= 11 is 0. The number of carbonyl (C=O) groups excluding carboxylic acids is 6. The number of hydrogen-bond donors (Lipinski definition) is 16. The van der Waals surface area contributed by atoms with Crippen molar-refractivity contribution in [2.24, 2.45) is 44.4 Å². The fourth-order valence-electron chi connectivity index (χ4n) is 7.88. The summed E-state index contributed by atoms with van der Waals surface area (Å²) in [6, 6.07) is 6.87. The average Bonchev–Trinajstić information content (AvgIpc) is 1.79. The maximum atomic E-state index is 14.1. The van der Waals surface area contributed by atoms with Crippen LogP contribution in [-0.4, -0.2) is 211 Å². The first-order chi connectivity index (χ1) is 43.3. The second-order valence-electron chi connectivity index (χ2n) is 20.1. The predicted octanol–water partition coefficient (Wildman–Crippen LogP) is -2.35. The SMILES string of the molecule is CCCCOCCOCCOCCCN.CNC(=O)[C@H](CCCN=C(N)N)NC(=O)[C@H](Cc1ccc(O)cc1)NC(=O)c1nc(N)c(C(=O)N[C@@H](CCCN=C(N)N)C(=O)N[C@@H](Cc2ccc(O)cc2)C(=O)NCCCOCCOCCOCCCN)nc1N. The van der Waals surface area contributed by atoms with Crippen molar-refractivity contribution in [2.45, 2.75) is 102 Å². The van der Waals surface area contributed by atoms with E-state index >= 15 is 0 Å². The maximum Gasteiger partial charge on any atom is 0.274 e. The number of nitrogens with zero attached hydrogens (tertiary/aromatic N) is 4. The van der Waals surface area contributed by atoms with Gasteiger partial charge in [0.05, 0.1) is 52.9 Å². The second kappa shape index (κ2) is 47.7. The molecule has 0 aliphatic heterocycles. The van der Waals surface area contributed by atoms with Crippen LogP contribution in [0, 0.1) is 0 Å². The number of unbranched alkanes of at least 4 members (excludes halogenated alkanes) is 1. The number of phenols is 2. The van der Waals surface area contributed by atoms with E-state index in [-0.39, 0.29) is 75.2 Å². The summed E-state index contributed by atoms with van der Waals surface area (Å²) in [5, 5.41) is 35.4. The van der Waals surface area contributed by atoms with Gasteiger partial charge in [-0.1, -0.05) is 37.6 Å². The maximum absolute atomic E-state index is 14.1. The molecule has 2 aromatic carbocycles. The topological polar surface area (TPSA) is 529 Å². The van der Waals surface area contributed by atoms with E-state index in [2.05, 4.69) is 58.8 Å². The molecule has 24 N–H and O–H groups in total. The minimum Gasteiger partial charge on any atom is -0.508 e. The molecule has 0 saturated heterocycles. The van der Waals surface area contributed by atoms with Gasteiger partial charge in [-0.15, -0.1) is 0 Å². The van der Waals surface area contributed by atoms with Gasteiger partial charge in [-0.2, -0.15) is 0 Å². The standard InChI is InChI=1S/C47H73N17O11.C11H25NO3/c1-55-40(67)32(6-2-17-57-46(51)52)59-43(70)35(27-29-10-14-31(66)15-11-29)62-45(72)37-39(50)63-36(38(49)64-37)44(71)60-33(7-3-18-58-47(53)54)42(69)61-34(26-28-8-12-30(65)13-9-28)41(68)56-19-5-21-74-23-25-75-24-22-73-20-4-16-48;1-2-3-6-13-8-10-15-11-9-14-7-4-5-12/h8-15,32-35,65-66H,2-7,16-27,48H2,1H3,(H2,49,64)(H2,50,63)(H,55,67)(H,56,68)(H,59,70)(H,60,71)(H,61,69)(H,62,72)(H4,51,52,57)(H4,53,54,58);2-12H2,1H3/t32-,33-,34-,35-;/m0./s1. The number of phenolic OH excluding ortho intramolecular Hbond substituents is 2. The fourth-order valence-corrected chi connectivity index (χ4v) is 7.88. The number of aromatic nitrogens is 2. The average molecular weight is 1270 g/mol. The van der Waals surface area contributed by atoms with Gasteiger partial charge in [-0.05, 0) is 99.8 Å². The molecule has 0 unspecified atom stereocenters. The van der Waals surface area contributed by atoms with Crippen molar-refractivity contribution in [1.29, 1.82) is 0 Å². The Balaban J connectivity index is 0.00000161. The Morgan fingerprint density at radius 2 is 0.833 bits per heavy atom. The van der Waals surface area contributed by atoms with Crippen molar-refractivity contribution < 1.29 is 67.4 Å². The Bertz CT molecular complexity index is 2590. The van der Waals surface area contributed by atoms with E-state index in [1.165, 1.54) is 49.9 Å². The zero-order chi connectivity index (χ0) is 66.3. The molecule has 0 radical (unpaired) electrons. The molecule has 90 heavy (non-hydrogen) atoms. The first kappa shape index (κ1) is 77.9. The summed E-state index contributed by atoms with van der Waals surface area (Å²) < 4.78 is 32.4. The molecule has 4 atom stereocenters. The zero-order valence-corrected chi connectivity index (χ0v) is 51.9. The van der Waals surface area contributed by atoms with Crippen LogP contribution < -0.4 is 77.8 Å². The molecule has 0 fully saturated rings. The molecule has 1 heterocycles. The van der Waals surface area contributed by atoms with Gasteiger partial charge in [-0.25, -0.2) is 9.97 Å². The highest BCUT2D eigenvalue weighted by molar-refractivity contribution is 6.03. The summed E-state index contributed by atoms with van der Waals surface area (Å²) in [6.45, 7) is 10.4. The Morgan fingerprint density at radius 1 is 0.478 bits per heavy atom. The van der Waals surface area contributed by atoms with Crippen LogP contribution in [0.5, 0.6) is 11.5 Å². The quantitative estimate of drug-likeness (QED) is 0.0160. The Hall–Kier alpha value is -8.24. The minimum absolute atomic E-state index is 0.0100. The van der Waals surface area contributed by atoms with Crippen molar-refractivity contribution in [3.63, 3.8) is 0 Å². The molecule has 3 aromatic rings. The molecule has 6 amide bonds. The lowest BCUT2D eigenvalue weighted by Gasteiger charge is -2.24. The van der Waals surface area contributed by atoms with Gasteiger partial charge >= 0.3 is 0 Å². The van der Waals surface area contributed by atoms with Gasteiger partial charge in [0.2, 0.25) is 23.6 Å². The number of aromatic hydroxyl groups is 2. The monoisotopic (exact) mass is 1270 g/mol. The normalized spacial score (nSPS) is 12.2. The highest BCUT2D eigenvalue weighted by atomic mass is 16.5. The van der Waals surface area contributed by atoms with Gasteiger partial charge in [0, 0.05) is 66.0 Å². The molecule has 32 nitrogen and oxygen atoms in total. The lowest BCUT2D eigenvalue weighted by atomic mass is 10.0. The molecule has 3 rings (SSSR count). The van der Waals surface area contributed by atoms with E-state index in [9.17, 15) is 39.0 Å². The van der Waals surface area contributed by atoms with Crippen LogP contribution >= 0.6 is 0 Å². The zero-order valence-electron chi connectivity index (χ0n) is 51.9.